The summed E-state index contributed by atoms with van der Waals surface area (Å²) in [5.74, 6) is -1.75. The molecule has 0 aliphatic heterocycles. The van der Waals surface area contributed by atoms with Crippen LogP contribution in [0.2, 0.25) is 0 Å². The minimum Gasteiger partial charge on any atom is -0.478 e. The molecule has 0 spiro atoms. The first kappa shape index (κ1) is 15.0. The first-order valence-corrected chi connectivity index (χ1v) is 5.94. The van der Waals surface area contributed by atoms with Gasteiger partial charge in [-0.15, -0.1) is 0 Å². The molecule has 7 nitrogen and oxygen atoms in total. The Kier molecular flexibility index (Phi) is 4.87. The minimum atomic E-state index is -1.10. The van der Waals surface area contributed by atoms with Crippen LogP contribution in [0.5, 0.6) is 0 Å². The van der Waals surface area contributed by atoms with Gasteiger partial charge in [-0.05, 0) is 34.1 Å². The first-order valence-electron chi connectivity index (χ1n) is 5.14. The number of carbonyl (C=O) groups excluding carboxylic acids is 2. The van der Waals surface area contributed by atoms with Crippen molar-refractivity contribution in [1.82, 2.24) is 4.90 Å². The molecule has 0 heterocycles. The van der Waals surface area contributed by atoms with Crippen molar-refractivity contribution in [2.75, 3.05) is 18.9 Å². The molecular weight excluding hydrogens is 318 g/mol. The van der Waals surface area contributed by atoms with E-state index in [1.54, 1.807) is 0 Å². The van der Waals surface area contributed by atoms with Crippen molar-refractivity contribution in [3.63, 3.8) is 0 Å². The van der Waals surface area contributed by atoms with Crippen LogP contribution in [0.15, 0.2) is 22.7 Å². The molecule has 1 rings (SSSR count). The maximum atomic E-state index is 11.7. The summed E-state index contributed by atoms with van der Waals surface area (Å²) in [4.78, 5) is 34.3. The third-order valence-corrected chi connectivity index (χ3v) is 2.89. The Labute approximate surface area is 117 Å². The summed E-state index contributed by atoms with van der Waals surface area (Å²) in [5.41, 5.74) is 5.30. The number of likely N-dealkylation sites (N-methyl/N-ethyl adjacent to an activating group) is 1. The van der Waals surface area contributed by atoms with Gasteiger partial charge in [0.1, 0.15) is 6.54 Å². The summed E-state index contributed by atoms with van der Waals surface area (Å²) >= 11 is 3.19. The standard InChI is InChI=1S/C11H12BrN3O4/c1-15(5-9(13)16)11(19)14-8-4-6(10(17)18)2-3-7(8)12/h2-4H,5H2,1H3,(H2,13,16)(H,14,19)(H,17,18). The second kappa shape index (κ2) is 6.19. The fourth-order valence-electron chi connectivity index (χ4n) is 1.27. The van der Waals surface area contributed by atoms with Gasteiger partial charge in [0.25, 0.3) is 0 Å². The van der Waals surface area contributed by atoms with Crippen LogP contribution in [0.4, 0.5) is 10.5 Å². The lowest BCUT2D eigenvalue weighted by Gasteiger charge is -2.17. The van der Waals surface area contributed by atoms with Gasteiger partial charge < -0.3 is 21.1 Å². The highest BCUT2D eigenvalue weighted by Crippen LogP contribution is 2.23. The molecule has 4 N–H and O–H groups in total. The molecule has 0 atom stereocenters. The van der Waals surface area contributed by atoms with Crippen molar-refractivity contribution >= 4 is 39.5 Å². The second-order valence-electron chi connectivity index (χ2n) is 3.75. The minimum absolute atomic E-state index is 0.0380. The Morgan fingerprint density at radius 1 is 1.42 bits per heavy atom. The van der Waals surface area contributed by atoms with Crippen molar-refractivity contribution in [3.8, 4) is 0 Å². The van der Waals surface area contributed by atoms with Crippen molar-refractivity contribution in [3.05, 3.63) is 28.2 Å². The number of hydrogen-bond donors (Lipinski definition) is 3. The number of carbonyl (C=O) groups is 3. The molecular formula is C11H12BrN3O4. The summed E-state index contributed by atoms with van der Waals surface area (Å²) in [5, 5.41) is 11.3. The van der Waals surface area contributed by atoms with Crippen molar-refractivity contribution in [2.45, 2.75) is 0 Å². The highest BCUT2D eigenvalue weighted by Gasteiger charge is 2.14. The van der Waals surface area contributed by atoms with Gasteiger partial charge in [0, 0.05) is 11.5 Å². The predicted molar refractivity (Wildman–Crippen MR) is 71.9 cm³/mol. The van der Waals surface area contributed by atoms with Crippen LogP contribution in [0.25, 0.3) is 0 Å². The summed E-state index contributed by atoms with van der Waals surface area (Å²) < 4.78 is 0.526. The van der Waals surface area contributed by atoms with Crippen molar-refractivity contribution in [1.29, 1.82) is 0 Å². The van der Waals surface area contributed by atoms with E-state index in [1.807, 2.05) is 0 Å². The summed E-state index contributed by atoms with van der Waals surface area (Å²) in [6.45, 7) is -0.234. The van der Waals surface area contributed by atoms with Gasteiger partial charge in [-0.1, -0.05) is 0 Å². The summed E-state index contributed by atoms with van der Waals surface area (Å²) in [6.07, 6.45) is 0. The molecule has 0 unspecified atom stereocenters. The zero-order valence-electron chi connectivity index (χ0n) is 10.0. The number of amides is 3. The van der Waals surface area contributed by atoms with Gasteiger partial charge in [0.15, 0.2) is 0 Å². The van der Waals surface area contributed by atoms with Gasteiger partial charge in [0.05, 0.1) is 11.3 Å². The third kappa shape index (κ3) is 4.25. The fraction of sp³-hybridized carbons (Fsp3) is 0.182. The summed E-state index contributed by atoms with van der Waals surface area (Å²) in [6, 6.07) is 3.65. The van der Waals surface area contributed by atoms with Crippen LogP contribution >= 0.6 is 15.9 Å². The molecule has 0 aliphatic carbocycles. The average Bonchev–Trinajstić information content (AvgIpc) is 2.30. The molecule has 0 radical (unpaired) electrons. The van der Waals surface area contributed by atoms with Crippen LogP contribution in [0.3, 0.4) is 0 Å². The number of carboxylic acid groups (broad SMARTS) is 1. The molecule has 3 amide bonds. The molecule has 0 saturated heterocycles. The quantitative estimate of drug-likeness (QED) is 0.767. The van der Waals surface area contributed by atoms with Crippen molar-refractivity contribution < 1.29 is 19.5 Å². The van der Waals surface area contributed by atoms with E-state index in [4.69, 9.17) is 10.8 Å². The monoisotopic (exact) mass is 329 g/mol. The van der Waals surface area contributed by atoms with E-state index in [-0.39, 0.29) is 12.1 Å². The smallest absolute Gasteiger partial charge is 0.335 e. The number of primary amides is 1. The molecule has 0 aliphatic rings. The van der Waals surface area contributed by atoms with E-state index in [0.717, 1.165) is 4.90 Å². The van der Waals surface area contributed by atoms with E-state index in [1.165, 1.54) is 25.2 Å². The zero-order valence-corrected chi connectivity index (χ0v) is 11.6. The maximum absolute atomic E-state index is 11.7. The molecule has 1 aromatic carbocycles. The van der Waals surface area contributed by atoms with Crippen LogP contribution < -0.4 is 11.1 Å². The normalized spacial score (nSPS) is 9.79. The van der Waals surface area contributed by atoms with Crippen LogP contribution in [-0.4, -0.2) is 41.5 Å². The maximum Gasteiger partial charge on any atom is 0.335 e. The lowest BCUT2D eigenvalue weighted by atomic mass is 10.2. The van der Waals surface area contributed by atoms with E-state index >= 15 is 0 Å². The predicted octanol–water partition coefficient (Wildman–Crippen LogP) is 1.10. The van der Waals surface area contributed by atoms with Gasteiger partial charge in [-0.2, -0.15) is 0 Å². The number of rotatable bonds is 4. The Balaban J connectivity index is 2.86. The second-order valence-corrected chi connectivity index (χ2v) is 4.61. The van der Waals surface area contributed by atoms with Gasteiger partial charge >= 0.3 is 12.0 Å². The number of halogens is 1. The number of nitrogens with one attached hydrogen (secondary N) is 1. The van der Waals surface area contributed by atoms with E-state index in [2.05, 4.69) is 21.2 Å². The van der Waals surface area contributed by atoms with Crippen LogP contribution in [-0.2, 0) is 4.79 Å². The third-order valence-electron chi connectivity index (χ3n) is 2.19. The molecule has 0 aromatic heterocycles. The van der Waals surface area contributed by atoms with E-state index < -0.39 is 17.9 Å². The molecule has 1 aromatic rings. The highest BCUT2D eigenvalue weighted by molar-refractivity contribution is 9.10. The van der Waals surface area contributed by atoms with Crippen molar-refractivity contribution in [2.24, 2.45) is 5.73 Å². The molecule has 102 valence electrons. The van der Waals surface area contributed by atoms with Gasteiger partial charge in [-0.25, -0.2) is 9.59 Å². The molecule has 0 saturated carbocycles. The number of urea groups is 1. The lowest BCUT2D eigenvalue weighted by molar-refractivity contribution is -0.118. The largest absolute Gasteiger partial charge is 0.478 e. The Morgan fingerprint density at radius 3 is 2.58 bits per heavy atom. The molecule has 0 bridgehead atoms. The Morgan fingerprint density at radius 2 is 2.05 bits per heavy atom. The zero-order chi connectivity index (χ0) is 14.6. The number of benzene rings is 1. The highest BCUT2D eigenvalue weighted by atomic mass is 79.9. The Bertz CT molecular complexity index is 533. The van der Waals surface area contributed by atoms with Crippen LogP contribution in [0.1, 0.15) is 10.4 Å². The number of carboxylic acids is 1. The fourth-order valence-corrected chi connectivity index (χ4v) is 1.62. The molecule has 8 heteroatoms. The lowest BCUT2D eigenvalue weighted by Crippen LogP contribution is -2.38. The number of hydrogen-bond acceptors (Lipinski definition) is 3. The van der Waals surface area contributed by atoms with Gasteiger partial charge in [-0.3, -0.25) is 4.79 Å². The average molecular weight is 330 g/mol. The SMILES string of the molecule is CN(CC(N)=O)C(=O)Nc1cc(C(=O)O)ccc1Br. The van der Waals surface area contributed by atoms with Crippen LogP contribution in [0, 0.1) is 0 Å². The Hall–Kier alpha value is -2.09. The number of nitrogens with two attached hydrogens (primary N) is 1. The van der Waals surface area contributed by atoms with Gasteiger partial charge in [0.2, 0.25) is 5.91 Å². The number of aromatic carboxylic acids is 1. The topological polar surface area (TPSA) is 113 Å². The molecule has 0 fully saturated rings. The van der Waals surface area contributed by atoms with E-state index in [0.29, 0.717) is 10.2 Å². The van der Waals surface area contributed by atoms with E-state index in [9.17, 15) is 14.4 Å². The number of nitrogens with zero attached hydrogens (tertiary/aromatic N) is 1. The summed E-state index contributed by atoms with van der Waals surface area (Å²) in [7, 11) is 1.40. The number of anilines is 1. The first-order chi connectivity index (χ1) is 8.81. The molecule has 19 heavy (non-hydrogen) atoms.